The smallest absolute Gasteiger partial charge is 0.230 e. The molecule has 3 heterocycles. The molecule has 4 nitrogen and oxygen atoms in total. The van der Waals surface area contributed by atoms with E-state index in [2.05, 4.69) is 28.0 Å². The third-order valence-electron chi connectivity index (χ3n) is 4.82. The lowest BCUT2D eigenvalue weighted by molar-refractivity contribution is -0.120. The first-order valence-corrected chi connectivity index (χ1v) is 8.44. The van der Waals surface area contributed by atoms with Crippen LogP contribution in [0.2, 0.25) is 0 Å². The Hall–Kier alpha value is -1.36. The molecule has 1 aliphatic carbocycles. The minimum Gasteiger partial charge on any atom is -0.307 e. The number of halogens is 1. The molecule has 1 saturated carbocycles. The lowest BCUT2D eigenvalue weighted by atomic mass is 9.99. The second kappa shape index (κ2) is 4.83. The molecule has 2 aromatic rings. The molecule has 1 saturated heterocycles. The maximum Gasteiger partial charge on any atom is 0.230 e. The van der Waals surface area contributed by atoms with E-state index in [1.807, 2.05) is 27.7 Å². The van der Waals surface area contributed by atoms with Gasteiger partial charge >= 0.3 is 0 Å². The molecule has 0 radical (unpaired) electrons. The SMILES string of the molecule is CCC1CC(C2CC2)C(=O)N1c1ccnn2cc(Br)cc12. The molecule has 0 aromatic carbocycles. The van der Waals surface area contributed by atoms with E-state index in [1.165, 1.54) is 12.8 Å². The van der Waals surface area contributed by atoms with E-state index in [4.69, 9.17) is 0 Å². The first-order chi connectivity index (χ1) is 10.2. The number of fused-ring (bicyclic) bond motifs is 1. The van der Waals surface area contributed by atoms with Crippen molar-refractivity contribution < 1.29 is 4.79 Å². The average molecular weight is 348 g/mol. The van der Waals surface area contributed by atoms with Gasteiger partial charge in [-0.25, -0.2) is 4.52 Å². The summed E-state index contributed by atoms with van der Waals surface area (Å²) in [5, 5.41) is 4.33. The fraction of sp³-hybridized carbons (Fsp3) is 0.500. The van der Waals surface area contributed by atoms with Crippen LogP contribution in [0, 0.1) is 11.8 Å². The highest BCUT2D eigenvalue weighted by Crippen LogP contribution is 2.46. The van der Waals surface area contributed by atoms with Gasteiger partial charge in [0.25, 0.3) is 0 Å². The van der Waals surface area contributed by atoms with Crippen LogP contribution in [-0.2, 0) is 4.79 Å². The third-order valence-corrected chi connectivity index (χ3v) is 5.25. The number of rotatable bonds is 3. The zero-order valence-electron chi connectivity index (χ0n) is 12.0. The number of nitrogens with zero attached hydrogens (tertiary/aromatic N) is 3. The van der Waals surface area contributed by atoms with Crippen molar-refractivity contribution in [2.45, 2.75) is 38.6 Å². The maximum atomic E-state index is 12.9. The predicted molar refractivity (Wildman–Crippen MR) is 85.3 cm³/mol. The van der Waals surface area contributed by atoms with Crippen LogP contribution < -0.4 is 4.90 Å². The van der Waals surface area contributed by atoms with Gasteiger partial charge in [0.05, 0.1) is 11.2 Å². The number of carbonyl (C=O) groups excluding carboxylic acids is 1. The van der Waals surface area contributed by atoms with Crippen LogP contribution >= 0.6 is 15.9 Å². The topological polar surface area (TPSA) is 37.6 Å². The highest BCUT2D eigenvalue weighted by Gasteiger charge is 2.47. The first kappa shape index (κ1) is 13.3. The maximum absolute atomic E-state index is 12.9. The molecule has 0 bridgehead atoms. The van der Waals surface area contributed by atoms with Crippen molar-refractivity contribution in [3.63, 3.8) is 0 Å². The predicted octanol–water partition coefficient (Wildman–Crippen LogP) is 3.64. The summed E-state index contributed by atoms with van der Waals surface area (Å²) < 4.78 is 2.82. The molecule has 2 unspecified atom stereocenters. The summed E-state index contributed by atoms with van der Waals surface area (Å²) in [5.74, 6) is 1.18. The zero-order valence-corrected chi connectivity index (χ0v) is 13.6. The molecule has 1 aliphatic heterocycles. The third kappa shape index (κ3) is 2.09. The number of aromatic nitrogens is 2. The van der Waals surface area contributed by atoms with Gasteiger partial charge in [-0.15, -0.1) is 0 Å². The molecule has 2 aromatic heterocycles. The number of carbonyl (C=O) groups is 1. The summed E-state index contributed by atoms with van der Waals surface area (Å²) in [6.45, 7) is 2.17. The van der Waals surface area contributed by atoms with Gasteiger partial charge in [0.15, 0.2) is 0 Å². The Labute approximate surface area is 132 Å². The molecular formula is C16H18BrN3O. The van der Waals surface area contributed by atoms with E-state index in [9.17, 15) is 4.79 Å². The average Bonchev–Trinajstić information content (AvgIpc) is 3.15. The van der Waals surface area contributed by atoms with Crippen LogP contribution in [0.25, 0.3) is 5.52 Å². The van der Waals surface area contributed by atoms with Crippen molar-refractivity contribution in [2.75, 3.05) is 4.90 Å². The molecule has 1 amide bonds. The highest BCUT2D eigenvalue weighted by molar-refractivity contribution is 9.10. The minimum atomic E-state index is 0.238. The van der Waals surface area contributed by atoms with Gasteiger partial charge in [-0.05, 0) is 59.7 Å². The second-order valence-corrected chi connectivity index (χ2v) is 7.07. The molecule has 2 aliphatic rings. The molecule has 0 N–H and O–H groups in total. The minimum absolute atomic E-state index is 0.238. The number of hydrogen-bond acceptors (Lipinski definition) is 2. The van der Waals surface area contributed by atoms with Crippen LogP contribution in [-0.4, -0.2) is 21.6 Å². The zero-order chi connectivity index (χ0) is 14.6. The number of anilines is 1. The van der Waals surface area contributed by atoms with Crippen LogP contribution in [0.1, 0.15) is 32.6 Å². The fourth-order valence-electron chi connectivity index (χ4n) is 3.59. The number of amides is 1. The molecule has 5 heteroatoms. The first-order valence-electron chi connectivity index (χ1n) is 7.65. The number of hydrogen-bond donors (Lipinski definition) is 0. The molecule has 0 spiro atoms. The van der Waals surface area contributed by atoms with Gasteiger partial charge in [-0.2, -0.15) is 5.10 Å². The monoisotopic (exact) mass is 347 g/mol. The normalized spacial score (nSPS) is 26.0. The van der Waals surface area contributed by atoms with Crippen molar-refractivity contribution in [3.8, 4) is 0 Å². The van der Waals surface area contributed by atoms with Gasteiger partial charge in [-0.3, -0.25) is 4.79 Å². The van der Waals surface area contributed by atoms with E-state index in [1.54, 1.807) is 6.20 Å². The van der Waals surface area contributed by atoms with E-state index in [-0.39, 0.29) is 5.92 Å². The molecule has 4 rings (SSSR count). The summed E-state index contributed by atoms with van der Waals surface area (Å²) >= 11 is 3.50. The quantitative estimate of drug-likeness (QED) is 0.849. The Bertz CT molecular complexity index is 707. The largest absolute Gasteiger partial charge is 0.307 e. The Morgan fingerprint density at radius 3 is 2.95 bits per heavy atom. The van der Waals surface area contributed by atoms with Crippen molar-refractivity contribution in [2.24, 2.45) is 11.8 Å². The summed E-state index contributed by atoms with van der Waals surface area (Å²) in [6.07, 6.45) is 8.17. The van der Waals surface area contributed by atoms with Crippen LogP contribution in [0.4, 0.5) is 5.69 Å². The molecule has 110 valence electrons. The molecule has 2 atom stereocenters. The summed E-state index contributed by atoms with van der Waals surface area (Å²) in [7, 11) is 0. The van der Waals surface area contributed by atoms with Gasteiger partial charge in [0.2, 0.25) is 5.91 Å². The van der Waals surface area contributed by atoms with Crippen LogP contribution in [0.15, 0.2) is 29.0 Å². The second-order valence-electron chi connectivity index (χ2n) is 6.15. The van der Waals surface area contributed by atoms with Gasteiger partial charge < -0.3 is 4.90 Å². The van der Waals surface area contributed by atoms with Crippen molar-refractivity contribution in [3.05, 3.63) is 29.0 Å². The van der Waals surface area contributed by atoms with Crippen LogP contribution in [0.5, 0.6) is 0 Å². The molecule has 21 heavy (non-hydrogen) atoms. The van der Waals surface area contributed by atoms with E-state index >= 15 is 0 Å². The fourth-order valence-corrected chi connectivity index (χ4v) is 4.00. The highest BCUT2D eigenvalue weighted by atomic mass is 79.9. The Kier molecular flexibility index (Phi) is 3.06. The standard InChI is InChI=1S/C16H18BrN3O/c1-2-12-8-13(10-3-4-10)16(21)20(12)14-5-6-18-19-9-11(17)7-15(14)19/h5-7,9-10,12-13H,2-4,8H2,1H3. The van der Waals surface area contributed by atoms with E-state index in [0.29, 0.717) is 17.9 Å². The van der Waals surface area contributed by atoms with Gasteiger partial charge in [0, 0.05) is 28.8 Å². The molecular weight excluding hydrogens is 330 g/mol. The summed E-state index contributed by atoms with van der Waals surface area (Å²) in [4.78, 5) is 14.9. The van der Waals surface area contributed by atoms with Crippen molar-refractivity contribution in [1.82, 2.24) is 9.61 Å². The van der Waals surface area contributed by atoms with Gasteiger partial charge in [-0.1, -0.05) is 6.92 Å². The van der Waals surface area contributed by atoms with Crippen LogP contribution in [0.3, 0.4) is 0 Å². The van der Waals surface area contributed by atoms with Crippen molar-refractivity contribution in [1.29, 1.82) is 0 Å². The lowest BCUT2D eigenvalue weighted by Crippen LogP contribution is -2.34. The molecule has 2 fully saturated rings. The Balaban J connectivity index is 1.80. The Morgan fingerprint density at radius 1 is 1.43 bits per heavy atom. The van der Waals surface area contributed by atoms with E-state index in [0.717, 1.165) is 28.5 Å². The van der Waals surface area contributed by atoms with Gasteiger partial charge in [0.1, 0.15) is 0 Å². The summed E-state index contributed by atoms with van der Waals surface area (Å²) in [6, 6.07) is 4.33. The Morgan fingerprint density at radius 2 is 2.24 bits per heavy atom. The summed E-state index contributed by atoms with van der Waals surface area (Å²) in [5.41, 5.74) is 1.99. The lowest BCUT2D eigenvalue weighted by Gasteiger charge is -2.24. The van der Waals surface area contributed by atoms with Crippen molar-refractivity contribution >= 4 is 33.0 Å². The van der Waals surface area contributed by atoms with E-state index < -0.39 is 0 Å².